The molecule has 2 N–H and O–H groups in total. The van der Waals surface area contributed by atoms with E-state index in [1.54, 1.807) is 4.90 Å². The summed E-state index contributed by atoms with van der Waals surface area (Å²) in [5.74, 6) is 0.785. The van der Waals surface area contributed by atoms with Crippen molar-refractivity contribution in [3.05, 3.63) is 36.0 Å². The van der Waals surface area contributed by atoms with Crippen LogP contribution in [0.4, 0.5) is 0 Å². The van der Waals surface area contributed by atoms with Crippen LogP contribution in [0.2, 0.25) is 0 Å². The van der Waals surface area contributed by atoms with Gasteiger partial charge in [-0.15, -0.1) is 0 Å². The van der Waals surface area contributed by atoms with Gasteiger partial charge in [-0.25, -0.2) is 13.6 Å². The molecule has 10 heteroatoms. The van der Waals surface area contributed by atoms with Gasteiger partial charge in [0, 0.05) is 19.0 Å². The third-order valence-electron chi connectivity index (χ3n) is 4.26. The minimum atomic E-state index is -3.91. The number of hydrogen-bond acceptors (Lipinski definition) is 7. The summed E-state index contributed by atoms with van der Waals surface area (Å²) in [7, 11) is -2.48. The van der Waals surface area contributed by atoms with Crippen molar-refractivity contribution >= 4 is 15.9 Å². The predicted molar refractivity (Wildman–Crippen MR) is 86.5 cm³/mol. The number of piperidine rings is 1. The third-order valence-corrected chi connectivity index (χ3v) is 5.17. The summed E-state index contributed by atoms with van der Waals surface area (Å²) in [4.78, 5) is 18.4. The Morgan fingerprint density at radius 2 is 2.08 bits per heavy atom. The number of sulfonamides is 1. The highest BCUT2D eigenvalue weighted by Gasteiger charge is 2.28. The molecule has 1 aromatic carbocycles. The first-order chi connectivity index (χ1) is 11.9. The van der Waals surface area contributed by atoms with Crippen LogP contribution in [0.25, 0.3) is 0 Å². The monoisotopic (exact) mass is 366 g/mol. The average Bonchev–Trinajstić information content (AvgIpc) is 3.14. The van der Waals surface area contributed by atoms with E-state index in [0.717, 1.165) is 0 Å². The lowest BCUT2D eigenvalue weighted by molar-refractivity contribution is 0.0707. The summed E-state index contributed by atoms with van der Waals surface area (Å²) in [6.45, 7) is 1.00. The number of ether oxygens (including phenoxy) is 1. The number of methoxy groups -OCH3 is 1. The van der Waals surface area contributed by atoms with E-state index in [4.69, 9.17) is 14.4 Å². The predicted octanol–water partition coefficient (Wildman–Crippen LogP) is 0.745. The molecule has 1 saturated heterocycles. The standard InChI is InChI=1S/C15H18N4O5S/c1-23-13-3-2-11(25(16,21)22)8-12(13)15(20)19-6-4-10(5-7-19)14-17-9-24-18-14/h2-3,8-10H,4-7H2,1H3,(H2,16,21,22). The van der Waals surface area contributed by atoms with Crippen molar-refractivity contribution in [3.63, 3.8) is 0 Å². The van der Waals surface area contributed by atoms with Gasteiger partial charge in [-0.2, -0.15) is 4.98 Å². The van der Waals surface area contributed by atoms with Crippen LogP contribution in [0.1, 0.15) is 34.9 Å². The van der Waals surface area contributed by atoms with Gasteiger partial charge in [-0.05, 0) is 31.0 Å². The molecule has 1 amide bonds. The van der Waals surface area contributed by atoms with Crippen LogP contribution in [0, 0.1) is 0 Å². The second-order valence-electron chi connectivity index (χ2n) is 5.76. The highest BCUT2D eigenvalue weighted by Crippen LogP contribution is 2.29. The van der Waals surface area contributed by atoms with E-state index in [9.17, 15) is 13.2 Å². The molecule has 1 aliphatic heterocycles. The van der Waals surface area contributed by atoms with Gasteiger partial charge in [-0.3, -0.25) is 4.79 Å². The van der Waals surface area contributed by atoms with Crippen molar-refractivity contribution in [1.82, 2.24) is 15.0 Å². The van der Waals surface area contributed by atoms with Gasteiger partial charge >= 0.3 is 0 Å². The second-order valence-corrected chi connectivity index (χ2v) is 7.32. The summed E-state index contributed by atoms with van der Waals surface area (Å²) in [5.41, 5.74) is 0.173. The Kier molecular flexibility index (Phi) is 4.73. The number of likely N-dealkylation sites (tertiary alicyclic amines) is 1. The minimum Gasteiger partial charge on any atom is -0.496 e. The van der Waals surface area contributed by atoms with Crippen LogP contribution < -0.4 is 9.88 Å². The molecule has 2 heterocycles. The summed E-state index contributed by atoms with van der Waals surface area (Å²) in [6, 6.07) is 3.99. The number of nitrogens with two attached hydrogens (primary N) is 1. The second kappa shape index (κ2) is 6.81. The van der Waals surface area contributed by atoms with E-state index in [0.29, 0.717) is 37.5 Å². The minimum absolute atomic E-state index is 0.127. The Morgan fingerprint density at radius 3 is 2.64 bits per heavy atom. The maximum Gasteiger partial charge on any atom is 0.257 e. The van der Waals surface area contributed by atoms with Crippen molar-refractivity contribution in [1.29, 1.82) is 0 Å². The molecule has 0 unspecified atom stereocenters. The average molecular weight is 366 g/mol. The number of carbonyl (C=O) groups is 1. The van der Waals surface area contributed by atoms with Crippen LogP contribution in [0.3, 0.4) is 0 Å². The van der Waals surface area contributed by atoms with E-state index < -0.39 is 10.0 Å². The van der Waals surface area contributed by atoms with Gasteiger partial charge in [0.25, 0.3) is 5.91 Å². The summed E-state index contributed by atoms with van der Waals surface area (Å²) < 4.78 is 33.0. The van der Waals surface area contributed by atoms with Crippen LogP contribution in [-0.4, -0.2) is 49.6 Å². The Hall–Kier alpha value is -2.46. The zero-order valence-corrected chi connectivity index (χ0v) is 14.4. The molecule has 0 radical (unpaired) electrons. The molecule has 0 aliphatic carbocycles. The van der Waals surface area contributed by atoms with Crippen LogP contribution in [0.5, 0.6) is 5.75 Å². The van der Waals surface area contributed by atoms with Crippen molar-refractivity contribution in [2.75, 3.05) is 20.2 Å². The molecule has 9 nitrogen and oxygen atoms in total. The maximum atomic E-state index is 12.8. The molecule has 1 aromatic heterocycles. The number of primary sulfonamides is 1. The van der Waals surface area contributed by atoms with Crippen LogP contribution in [0.15, 0.2) is 34.0 Å². The first-order valence-corrected chi connectivity index (χ1v) is 9.21. The summed E-state index contributed by atoms with van der Waals surface area (Å²) in [5, 5.41) is 9.00. The molecule has 2 aromatic rings. The SMILES string of the molecule is COc1ccc(S(N)(=O)=O)cc1C(=O)N1CCC(c2ncon2)CC1. The highest BCUT2D eigenvalue weighted by molar-refractivity contribution is 7.89. The first kappa shape index (κ1) is 17.4. The highest BCUT2D eigenvalue weighted by atomic mass is 32.2. The van der Waals surface area contributed by atoms with Gasteiger partial charge < -0.3 is 14.2 Å². The lowest BCUT2D eigenvalue weighted by Crippen LogP contribution is -2.38. The zero-order valence-electron chi connectivity index (χ0n) is 13.6. The lowest BCUT2D eigenvalue weighted by Gasteiger charge is -2.31. The fraction of sp³-hybridized carbons (Fsp3) is 0.400. The molecule has 0 saturated carbocycles. The number of benzene rings is 1. The van der Waals surface area contributed by atoms with Crippen molar-refractivity contribution in [2.24, 2.45) is 5.14 Å². The Balaban J connectivity index is 1.79. The molecule has 0 spiro atoms. The van der Waals surface area contributed by atoms with E-state index in [-0.39, 0.29) is 22.3 Å². The fourth-order valence-electron chi connectivity index (χ4n) is 2.90. The van der Waals surface area contributed by atoms with E-state index >= 15 is 0 Å². The molecular weight excluding hydrogens is 348 g/mol. The molecule has 25 heavy (non-hydrogen) atoms. The number of amides is 1. The van der Waals surface area contributed by atoms with Gasteiger partial charge in [0.1, 0.15) is 5.75 Å². The quantitative estimate of drug-likeness (QED) is 0.845. The number of carbonyl (C=O) groups excluding carboxylic acids is 1. The summed E-state index contributed by atoms with van der Waals surface area (Å²) >= 11 is 0. The van der Waals surface area contributed by atoms with Crippen molar-refractivity contribution in [2.45, 2.75) is 23.7 Å². The van der Waals surface area contributed by atoms with E-state index in [2.05, 4.69) is 10.1 Å². The van der Waals surface area contributed by atoms with E-state index in [1.807, 2.05) is 0 Å². The molecule has 0 bridgehead atoms. The van der Waals surface area contributed by atoms with Gasteiger partial charge in [0.15, 0.2) is 5.82 Å². The number of rotatable bonds is 4. The number of nitrogens with zero attached hydrogens (tertiary/aromatic N) is 3. The molecule has 1 fully saturated rings. The smallest absolute Gasteiger partial charge is 0.257 e. The fourth-order valence-corrected chi connectivity index (χ4v) is 3.44. The van der Waals surface area contributed by atoms with Crippen LogP contribution >= 0.6 is 0 Å². The third kappa shape index (κ3) is 3.64. The molecule has 3 rings (SSSR count). The Bertz CT molecular complexity index is 858. The normalized spacial score (nSPS) is 16.0. The molecule has 0 atom stereocenters. The Labute approximate surface area is 144 Å². The topological polar surface area (TPSA) is 129 Å². The van der Waals surface area contributed by atoms with Crippen LogP contribution in [-0.2, 0) is 10.0 Å². The molecule has 1 aliphatic rings. The van der Waals surface area contributed by atoms with Gasteiger partial charge in [0.05, 0.1) is 17.6 Å². The van der Waals surface area contributed by atoms with Gasteiger partial charge in [0.2, 0.25) is 16.4 Å². The lowest BCUT2D eigenvalue weighted by atomic mass is 9.95. The maximum absolute atomic E-state index is 12.8. The molecule has 134 valence electrons. The van der Waals surface area contributed by atoms with E-state index in [1.165, 1.54) is 31.7 Å². The summed E-state index contributed by atoms with van der Waals surface area (Å²) in [6.07, 6.45) is 2.68. The van der Waals surface area contributed by atoms with Gasteiger partial charge in [-0.1, -0.05) is 5.16 Å². The Morgan fingerprint density at radius 1 is 1.36 bits per heavy atom. The number of aromatic nitrogens is 2. The van der Waals surface area contributed by atoms with Crippen molar-refractivity contribution in [3.8, 4) is 5.75 Å². The number of hydrogen-bond donors (Lipinski definition) is 1. The largest absolute Gasteiger partial charge is 0.496 e. The zero-order chi connectivity index (χ0) is 18.0. The van der Waals surface area contributed by atoms with Crippen molar-refractivity contribution < 1.29 is 22.5 Å². The molecular formula is C15H18N4O5S. The first-order valence-electron chi connectivity index (χ1n) is 7.66.